The zero-order valence-electron chi connectivity index (χ0n) is 11.5. The quantitative estimate of drug-likeness (QED) is 0.882. The van der Waals surface area contributed by atoms with Crippen LogP contribution < -0.4 is 10.2 Å². The van der Waals surface area contributed by atoms with Crippen molar-refractivity contribution in [3.63, 3.8) is 0 Å². The van der Waals surface area contributed by atoms with Gasteiger partial charge in [0.25, 0.3) is 0 Å². The Kier molecular flexibility index (Phi) is 4.24. The number of thiophene rings is 1. The molecule has 2 aromatic rings. The zero-order chi connectivity index (χ0) is 13.9. The van der Waals surface area contributed by atoms with Gasteiger partial charge in [0.15, 0.2) is 0 Å². The van der Waals surface area contributed by atoms with Crippen molar-refractivity contribution in [1.82, 2.24) is 10.3 Å². The molecule has 0 saturated heterocycles. The SMILES string of the molecule is CN(Cc1cccs1)c1ccc(Cl)c(CNC2CC2)n1. The van der Waals surface area contributed by atoms with Gasteiger partial charge < -0.3 is 10.2 Å². The molecule has 3 rings (SSSR count). The molecule has 0 aromatic carbocycles. The minimum Gasteiger partial charge on any atom is -0.355 e. The molecule has 0 radical (unpaired) electrons. The van der Waals surface area contributed by atoms with Crippen molar-refractivity contribution in [1.29, 1.82) is 0 Å². The third-order valence-electron chi connectivity index (χ3n) is 3.40. The smallest absolute Gasteiger partial charge is 0.129 e. The summed E-state index contributed by atoms with van der Waals surface area (Å²) in [5.41, 5.74) is 0.939. The number of nitrogens with zero attached hydrogens (tertiary/aromatic N) is 2. The van der Waals surface area contributed by atoms with Gasteiger partial charge in [-0.25, -0.2) is 4.98 Å². The van der Waals surface area contributed by atoms with E-state index in [0.717, 1.165) is 29.6 Å². The molecule has 2 heterocycles. The van der Waals surface area contributed by atoms with E-state index in [9.17, 15) is 0 Å². The number of rotatable bonds is 6. The van der Waals surface area contributed by atoms with Crippen LogP contribution in [-0.4, -0.2) is 18.1 Å². The molecule has 0 bridgehead atoms. The number of pyridine rings is 1. The van der Waals surface area contributed by atoms with E-state index in [2.05, 4.69) is 39.8 Å². The van der Waals surface area contributed by atoms with E-state index < -0.39 is 0 Å². The first-order chi connectivity index (χ1) is 9.72. The van der Waals surface area contributed by atoms with Crippen LogP contribution in [0.4, 0.5) is 5.82 Å². The van der Waals surface area contributed by atoms with E-state index in [-0.39, 0.29) is 0 Å². The van der Waals surface area contributed by atoms with Gasteiger partial charge in [0, 0.05) is 24.5 Å². The van der Waals surface area contributed by atoms with Crippen molar-refractivity contribution in [2.75, 3.05) is 11.9 Å². The molecule has 0 amide bonds. The van der Waals surface area contributed by atoms with Gasteiger partial charge in [0.05, 0.1) is 17.3 Å². The van der Waals surface area contributed by atoms with Gasteiger partial charge in [-0.05, 0) is 36.4 Å². The number of anilines is 1. The Hall–Kier alpha value is -1.10. The largest absolute Gasteiger partial charge is 0.355 e. The van der Waals surface area contributed by atoms with Crippen molar-refractivity contribution in [3.8, 4) is 0 Å². The fourth-order valence-electron chi connectivity index (χ4n) is 2.06. The molecule has 5 heteroatoms. The fraction of sp³-hybridized carbons (Fsp3) is 0.400. The zero-order valence-corrected chi connectivity index (χ0v) is 13.0. The number of hydrogen-bond donors (Lipinski definition) is 1. The van der Waals surface area contributed by atoms with Crippen LogP contribution in [0.25, 0.3) is 0 Å². The van der Waals surface area contributed by atoms with Crippen LogP contribution in [0.3, 0.4) is 0 Å². The summed E-state index contributed by atoms with van der Waals surface area (Å²) in [6.07, 6.45) is 2.55. The maximum absolute atomic E-state index is 6.23. The monoisotopic (exact) mass is 307 g/mol. The highest BCUT2D eigenvalue weighted by Crippen LogP contribution is 2.23. The molecule has 1 aliphatic rings. The van der Waals surface area contributed by atoms with Crippen molar-refractivity contribution < 1.29 is 0 Å². The van der Waals surface area contributed by atoms with Crippen LogP contribution >= 0.6 is 22.9 Å². The second kappa shape index (κ2) is 6.12. The van der Waals surface area contributed by atoms with E-state index >= 15 is 0 Å². The summed E-state index contributed by atoms with van der Waals surface area (Å²) in [7, 11) is 2.06. The Balaban J connectivity index is 1.69. The van der Waals surface area contributed by atoms with Gasteiger partial charge in [-0.1, -0.05) is 17.7 Å². The van der Waals surface area contributed by atoms with Gasteiger partial charge in [-0.2, -0.15) is 0 Å². The Morgan fingerprint density at radius 3 is 2.95 bits per heavy atom. The van der Waals surface area contributed by atoms with Crippen LogP contribution in [0.15, 0.2) is 29.6 Å². The van der Waals surface area contributed by atoms with Gasteiger partial charge >= 0.3 is 0 Å². The third kappa shape index (κ3) is 3.51. The topological polar surface area (TPSA) is 28.2 Å². The Morgan fingerprint density at radius 2 is 2.25 bits per heavy atom. The molecule has 106 valence electrons. The lowest BCUT2D eigenvalue weighted by Gasteiger charge is -2.18. The summed E-state index contributed by atoms with van der Waals surface area (Å²) in [5, 5.41) is 6.30. The molecule has 0 atom stereocenters. The summed E-state index contributed by atoms with van der Waals surface area (Å²) in [5.74, 6) is 0.968. The third-order valence-corrected chi connectivity index (χ3v) is 4.61. The molecule has 1 N–H and O–H groups in total. The van der Waals surface area contributed by atoms with E-state index in [1.807, 2.05) is 12.1 Å². The second-order valence-corrected chi connectivity index (χ2v) is 6.63. The first kappa shape index (κ1) is 13.9. The van der Waals surface area contributed by atoms with Crippen LogP contribution in [-0.2, 0) is 13.1 Å². The van der Waals surface area contributed by atoms with E-state index in [0.29, 0.717) is 6.04 Å². The maximum atomic E-state index is 6.23. The average Bonchev–Trinajstić information content (AvgIpc) is 3.14. The van der Waals surface area contributed by atoms with E-state index in [4.69, 9.17) is 11.6 Å². The van der Waals surface area contributed by atoms with Crippen molar-refractivity contribution in [3.05, 3.63) is 45.2 Å². The highest BCUT2D eigenvalue weighted by Gasteiger charge is 2.21. The van der Waals surface area contributed by atoms with Crippen LogP contribution in [0.5, 0.6) is 0 Å². The first-order valence-corrected chi connectivity index (χ1v) is 8.10. The molecule has 0 spiro atoms. The van der Waals surface area contributed by atoms with E-state index in [1.165, 1.54) is 17.7 Å². The number of halogens is 1. The van der Waals surface area contributed by atoms with Crippen LogP contribution in [0.2, 0.25) is 5.02 Å². The van der Waals surface area contributed by atoms with Crippen LogP contribution in [0.1, 0.15) is 23.4 Å². The molecular formula is C15H18ClN3S. The summed E-state index contributed by atoms with van der Waals surface area (Å²) in [6.45, 7) is 1.63. The molecule has 3 nitrogen and oxygen atoms in total. The fourth-order valence-corrected chi connectivity index (χ4v) is 2.98. The highest BCUT2D eigenvalue weighted by molar-refractivity contribution is 7.09. The van der Waals surface area contributed by atoms with Crippen molar-refractivity contribution in [2.24, 2.45) is 0 Å². The second-order valence-electron chi connectivity index (χ2n) is 5.19. The average molecular weight is 308 g/mol. The Bertz CT molecular complexity index is 567. The molecule has 1 saturated carbocycles. The minimum absolute atomic E-state index is 0.667. The lowest BCUT2D eigenvalue weighted by atomic mass is 10.3. The standard InChI is InChI=1S/C15H18ClN3S/c1-19(10-12-3-2-8-20-12)15-7-6-13(16)14(18-15)9-17-11-4-5-11/h2-3,6-8,11,17H,4-5,9-10H2,1H3. The number of aromatic nitrogens is 1. The minimum atomic E-state index is 0.667. The molecule has 0 aliphatic heterocycles. The summed E-state index contributed by atoms with van der Waals surface area (Å²) in [4.78, 5) is 8.18. The lowest BCUT2D eigenvalue weighted by Crippen LogP contribution is -2.20. The van der Waals surface area contributed by atoms with Crippen LogP contribution in [0, 0.1) is 0 Å². The molecule has 0 unspecified atom stereocenters. The Morgan fingerprint density at radius 1 is 1.40 bits per heavy atom. The summed E-state index contributed by atoms with van der Waals surface area (Å²) in [6, 6.07) is 8.82. The van der Waals surface area contributed by atoms with Crippen molar-refractivity contribution in [2.45, 2.75) is 32.0 Å². The lowest BCUT2D eigenvalue weighted by molar-refractivity contribution is 0.673. The van der Waals surface area contributed by atoms with Gasteiger partial charge in [0.2, 0.25) is 0 Å². The van der Waals surface area contributed by atoms with Gasteiger partial charge in [-0.15, -0.1) is 11.3 Å². The highest BCUT2D eigenvalue weighted by atomic mass is 35.5. The van der Waals surface area contributed by atoms with Gasteiger partial charge in [0.1, 0.15) is 5.82 Å². The Labute approximate surface area is 128 Å². The number of hydrogen-bond acceptors (Lipinski definition) is 4. The normalized spacial score (nSPS) is 14.5. The van der Waals surface area contributed by atoms with E-state index in [1.54, 1.807) is 11.3 Å². The molecule has 2 aromatic heterocycles. The summed E-state index contributed by atoms with van der Waals surface area (Å²) >= 11 is 8.00. The van der Waals surface area contributed by atoms with Gasteiger partial charge in [-0.3, -0.25) is 0 Å². The van der Waals surface area contributed by atoms with Crippen molar-refractivity contribution >= 4 is 28.8 Å². The summed E-state index contributed by atoms with van der Waals surface area (Å²) < 4.78 is 0. The predicted molar refractivity (Wildman–Crippen MR) is 85.5 cm³/mol. The molecule has 20 heavy (non-hydrogen) atoms. The molecule has 1 aliphatic carbocycles. The number of nitrogens with one attached hydrogen (secondary N) is 1. The molecular weight excluding hydrogens is 290 g/mol. The maximum Gasteiger partial charge on any atom is 0.129 e. The first-order valence-electron chi connectivity index (χ1n) is 6.84. The molecule has 1 fully saturated rings. The predicted octanol–water partition coefficient (Wildman–Crippen LogP) is 3.68.